The molecule has 0 N–H and O–H groups in total. The van der Waals surface area contributed by atoms with E-state index in [9.17, 15) is 14.4 Å². The van der Waals surface area contributed by atoms with E-state index in [0.29, 0.717) is 29.2 Å². The highest BCUT2D eigenvalue weighted by Gasteiger charge is 2.23. The predicted octanol–water partition coefficient (Wildman–Crippen LogP) is 9.34. The van der Waals surface area contributed by atoms with Crippen molar-refractivity contribution in [3.8, 4) is 28.4 Å². The maximum atomic E-state index is 12.6. The largest absolute Gasteiger partial charge is 0.427 e. The lowest BCUT2D eigenvalue weighted by Gasteiger charge is -2.15. The summed E-state index contributed by atoms with van der Waals surface area (Å²) < 4.78 is 16.3. The first-order valence-corrected chi connectivity index (χ1v) is 15.4. The van der Waals surface area contributed by atoms with E-state index >= 15 is 0 Å². The number of alkyl halides is 1. The molecule has 2 atom stereocenters. The third kappa shape index (κ3) is 11.4. The Bertz CT molecular complexity index is 1320. The lowest BCUT2D eigenvalue weighted by Crippen LogP contribution is -2.26. The van der Waals surface area contributed by atoms with Gasteiger partial charge < -0.3 is 14.2 Å². The molecular formula is C36H41ClO6. The number of ether oxygens (including phenoxy) is 3. The van der Waals surface area contributed by atoms with Crippen molar-refractivity contribution in [2.24, 2.45) is 5.92 Å². The molecule has 0 bridgehead atoms. The summed E-state index contributed by atoms with van der Waals surface area (Å²) in [7, 11) is 0. The fourth-order valence-electron chi connectivity index (χ4n) is 4.32. The Morgan fingerprint density at radius 2 is 1.21 bits per heavy atom. The number of carbonyl (C=O) groups excluding carboxylic acids is 3. The molecule has 0 spiro atoms. The van der Waals surface area contributed by atoms with Gasteiger partial charge in [0, 0.05) is 6.42 Å². The van der Waals surface area contributed by atoms with Crippen molar-refractivity contribution >= 4 is 29.5 Å². The molecule has 0 aliphatic heterocycles. The van der Waals surface area contributed by atoms with Gasteiger partial charge in [0.2, 0.25) is 0 Å². The minimum atomic E-state index is -0.692. The molecule has 0 heterocycles. The van der Waals surface area contributed by atoms with Crippen molar-refractivity contribution < 1.29 is 28.6 Å². The van der Waals surface area contributed by atoms with E-state index < -0.39 is 17.3 Å². The van der Waals surface area contributed by atoms with Crippen LogP contribution in [0.5, 0.6) is 17.2 Å². The van der Waals surface area contributed by atoms with Crippen LogP contribution in [-0.2, 0) is 9.59 Å². The standard InChI is InChI=1S/C36H41ClO6/c1-4-6-7-8-9-10-11-12-13-33(38)41-30-24-18-29(19-25-30)35(39)42-31-20-14-27(15-21-31)28-16-22-32(23-17-28)43-36(40)34(37)26(3)5-2/h4,14-26,34H,1,5-13H2,2-3H3/t26-,34-/m0/s1. The number of hydrogen-bond acceptors (Lipinski definition) is 6. The molecule has 228 valence electrons. The summed E-state index contributed by atoms with van der Waals surface area (Å²) in [5.41, 5.74) is 2.16. The van der Waals surface area contributed by atoms with Gasteiger partial charge in [0.05, 0.1) is 5.56 Å². The number of esters is 3. The van der Waals surface area contributed by atoms with Crippen LogP contribution in [0.25, 0.3) is 11.1 Å². The molecule has 0 saturated carbocycles. The second-order valence-corrected chi connectivity index (χ2v) is 11.1. The Labute approximate surface area is 260 Å². The van der Waals surface area contributed by atoms with Gasteiger partial charge in [-0.3, -0.25) is 9.59 Å². The fraction of sp³-hybridized carbons (Fsp3) is 0.361. The Kier molecular flexibility index (Phi) is 14.0. The third-order valence-electron chi connectivity index (χ3n) is 7.20. The molecule has 0 amide bonds. The van der Waals surface area contributed by atoms with Crippen molar-refractivity contribution in [3.63, 3.8) is 0 Å². The molecular weight excluding hydrogens is 564 g/mol. The Morgan fingerprint density at radius 1 is 0.721 bits per heavy atom. The SMILES string of the molecule is C=CCCCCCCCCC(=O)Oc1ccc(C(=O)Oc2ccc(-c3ccc(OC(=O)[C@@H](Cl)[C@@H](C)CC)cc3)cc2)cc1. The normalized spacial score (nSPS) is 12.2. The summed E-state index contributed by atoms with van der Waals surface area (Å²) in [6.45, 7) is 7.62. The zero-order valence-corrected chi connectivity index (χ0v) is 25.8. The van der Waals surface area contributed by atoms with Crippen molar-refractivity contribution in [2.45, 2.75) is 77.0 Å². The number of halogens is 1. The summed E-state index contributed by atoms with van der Waals surface area (Å²) >= 11 is 6.18. The van der Waals surface area contributed by atoms with Crippen LogP contribution in [0.15, 0.2) is 85.5 Å². The van der Waals surface area contributed by atoms with Crippen molar-refractivity contribution in [3.05, 3.63) is 91.0 Å². The topological polar surface area (TPSA) is 78.9 Å². The van der Waals surface area contributed by atoms with Crippen LogP contribution < -0.4 is 14.2 Å². The van der Waals surface area contributed by atoms with Gasteiger partial charge in [-0.2, -0.15) is 0 Å². The van der Waals surface area contributed by atoms with E-state index in [1.165, 1.54) is 19.3 Å². The maximum Gasteiger partial charge on any atom is 0.343 e. The molecule has 3 rings (SSSR count). The molecule has 0 unspecified atom stereocenters. The molecule has 3 aromatic rings. The second kappa shape index (κ2) is 17.9. The minimum absolute atomic E-state index is 0.0254. The monoisotopic (exact) mass is 604 g/mol. The van der Waals surface area contributed by atoms with Crippen LogP contribution in [0.1, 0.15) is 82.0 Å². The molecule has 0 aromatic heterocycles. The molecule has 0 fully saturated rings. The highest BCUT2D eigenvalue weighted by Crippen LogP contribution is 2.26. The number of benzene rings is 3. The molecule has 0 saturated heterocycles. The minimum Gasteiger partial charge on any atom is -0.427 e. The van der Waals surface area contributed by atoms with E-state index in [1.807, 2.05) is 44.2 Å². The maximum absolute atomic E-state index is 12.6. The van der Waals surface area contributed by atoms with Gasteiger partial charge in [0.15, 0.2) is 0 Å². The van der Waals surface area contributed by atoms with Crippen LogP contribution in [0.2, 0.25) is 0 Å². The molecule has 6 nitrogen and oxygen atoms in total. The average Bonchev–Trinajstić information content (AvgIpc) is 3.02. The number of carbonyl (C=O) groups is 3. The first-order valence-electron chi connectivity index (χ1n) is 15.0. The van der Waals surface area contributed by atoms with Gasteiger partial charge in [0.25, 0.3) is 0 Å². The van der Waals surface area contributed by atoms with Gasteiger partial charge in [0.1, 0.15) is 22.6 Å². The lowest BCUT2D eigenvalue weighted by atomic mass is 10.0. The van der Waals surface area contributed by atoms with E-state index in [-0.39, 0.29) is 11.9 Å². The van der Waals surface area contributed by atoms with E-state index in [0.717, 1.165) is 43.2 Å². The number of hydrogen-bond donors (Lipinski definition) is 0. The van der Waals surface area contributed by atoms with Crippen LogP contribution in [0.3, 0.4) is 0 Å². The molecule has 43 heavy (non-hydrogen) atoms. The molecule has 7 heteroatoms. The number of rotatable bonds is 17. The Morgan fingerprint density at radius 3 is 1.77 bits per heavy atom. The predicted molar refractivity (Wildman–Crippen MR) is 171 cm³/mol. The molecule has 0 aliphatic rings. The molecule has 0 aliphatic carbocycles. The quantitative estimate of drug-likeness (QED) is 0.0502. The van der Waals surface area contributed by atoms with Crippen molar-refractivity contribution in [1.29, 1.82) is 0 Å². The first-order chi connectivity index (χ1) is 20.8. The average molecular weight is 605 g/mol. The summed E-state index contributed by atoms with van der Waals surface area (Å²) in [4.78, 5) is 37.0. The van der Waals surface area contributed by atoms with E-state index in [4.69, 9.17) is 25.8 Å². The first kappa shape index (κ1) is 33.6. The van der Waals surface area contributed by atoms with Crippen LogP contribution in [0, 0.1) is 5.92 Å². The van der Waals surface area contributed by atoms with Crippen LogP contribution in [0.4, 0.5) is 0 Å². The van der Waals surface area contributed by atoms with Crippen LogP contribution >= 0.6 is 11.6 Å². The Hall–Kier alpha value is -3.90. The van der Waals surface area contributed by atoms with E-state index in [2.05, 4.69) is 6.58 Å². The Balaban J connectivity index is 1.43. The van der Waals surface area contributed by atoms with Crippen LogP contribution in [-0.4, -0.2) is 23.3 Å². The fourth-order valence-corrected chi connectivity index (χ4v) is 4.54. The summed E-state index contributed by atoms with van der Waals surface area (Å²) in [5.74, 6) is -0.00368. The zero-order valence-electron chi connectivity index (χ0n) is 25.1. The highest BCUT2D eigenvalue weighted by atomic mass is 35.5. The highest BCUT2D eigenvalue weighted by molar-refractivity contribution is 6.30. The van der Waals surface area contributed by atoms with Gasteiger partial charge in [-0.1, -0.05) is 76.3 Å². The smallest absolute Gasteiger partial charge is 0.343 e. The van der Waals surface area contributed by atoms with Crippen molar-refractivity contribution in [1.82, 2.24) is 0 Å². The van der Waals surface area contributed by atoms with Gasteiger partial charge in [-0.05, 0) is 84.8 Å². The van der Waals surface area contributed by atoms with Gasteiger partial charge in [-0.15, -0.1) is 18.2 Å². The lowest BCUT2D eigenvalue weighted by molar-refractivity contribution is -0.135. The number of allylic oxidation sites excluding steroid dienone is 1. The number of unbranched alkanes of at least 4 members (excludes halogenated alkanes) is 6. The summed E-state index contributed by atoms with van der Waals surface area (Å²) in [5, 5.41) is -0.692. The van der Waals surface area contributed by atoms with E-state index in [1.54, 1.807) is 48.5 Å². The van der Waals surface area contributed by atoms with Gasteiger partial charge in [-0.25, -0.2) is 4.79 Å². The summed E-state index contributed by atoms with van der Waals surface area (Å²) in [6.07, 6.45) is 10.6. The van der Waals surface area contributed by atoms with Gasteiger partial charge >= 0.3 is 17.9 Å². The summed E-state index contributed by atoms with van der Waals surface area (Å²) in [6, 6.07) is 20.6. The third-order valence-corrected chi connectivity index (χ3v) is 7.81. The zero-order chi connectivity index (χ0) is 31.0. The second-order valence-electron chi connectivity index (χ2n) is 10.6. The molecule has 0 radical (unpaired) electrons. The van der Waals surface area contributed by atoms with Crippen molar-refractivity contribution in [2.75, 3.05) is 0 Å². The molecule has 3 aromatic carbocycles.